The van der Waals surface area contributed by atoms with E-state index in [4.69, 9.17) is 0 Å². The quantitative estimate of drug-likeness (QED) is 0.745. The lowest BCUT2D eigenvalue weighted by molar-refractivity contribution is -0.123. The fourth-order valence-electron chi connectivity index (χ4n) is 2.48. The average molecular weight is 374 g/mol. The van der Waals surface area contributed by atoms with Crippen LogP contribution in [-0.2, 0) is 11.3 Å². The highest BCUT2D eigenvalue weighted by atomic mass is 32.2. The highest BCUT2D eigenvalue weighted by Gasteiger charge is 2.21. The van der Waals surface area contributed by atoms with Gasteiger partial charge < -0.3 is 10.6 Å². The van der Waals surface area contributed by atoms with Gasteiger partial charge in [-0.05, 0) is 43.6 Å². The fourth-order valence-corrected chi connectivity index (χ4v) is 2.95. The van der Waals surface area contributed by atoms with E-state index >= 15 is 0 Å². The van der Waals surface area contributed by atoms with Crippen molar-refractivity contribution in [1.82, 2.24) is 10.6 Å². The highest BCUT2D eigenvalue weighted by molar-refractivity contribution is 7.98. The first kappa shape index (κ1) is 20.0. The third kappa shape index (κ3) is 5.88. The summed E-state index contributed by atoms with van der Waals surface area (Å²) in [5.41, 5.74) is 1.90. The van der Waals surface area contributed by atoms with E-state index in [0.29, 0.717) is 17.5 Å². The molecule has 2 aromatic rings. The minimum absolute atomic E-state index is 0.0849. The minimum Gasteiger partial charge on any atom is -0.350 e. The molecule has 0 aliphatic heterocycles. The molecule has 0 fully saturated rings. The summed E-state index contributed by atoms with van der Waals surface area (Å²) in [6, 6.07) is 12.8. The van der Waals surface area contributed by atoms with E-state index in [1.807, 2.05) is 19.2 Å². The topological polar surface area (TPSA) is 58.2 Å². The molecule has 26 heavy (non-hydrogen) atoms. The van der Waals surface area contributed by atoms with Crippen LogP contribution in [0.3, 0.4) is 0 Å². The molecule has 138 valence electrons. The van der Waals surface area contributed by atoms with Gasteiger partial charge in [0.1, 0.15) is 11.9 Å². The Hall–Kier alpha value is -2.34. The number of thioether (sulfide) groups is 1. The van der Waals surface area contributed by atoms with Crippen LogP contribution < -0.4 is 10.6 Å². The first-order chi connectivity index (χ1) is 12.5. The molecule has 0 aliphatic rings. The predicted molar refractivity (Wildman–Crippen MR) is 104 cm³/mol. The molecule has 0 aliphatic carbocycles. The molecule has 2 N–H and O–H groups in total. The van der Waals surface area contributed by atoms with Gasteiger partial charge in [0.05, 0.1) is 0 Å². The lowest BCUT2D eigenvalue weighted by Crippen LogP contribution is -2.47. The van der Waals surface area contributed by atoms with Crippen LogP contribution >= 0.6 is 11.8 Å². The highest BCUT2D eigenvalue weighted by Crippen LogP contribution is 2.08. The zero-order valence-electron chi connectivity index (χ0n) is 14.9. The standard InChI is InChI=1S/C20H23FN2O2S/c1-14-6-5-8-15(12-14)19(24)23-18(10-11-26-2)20(25)22-13-16-7-3-4-9-17(16)21/h3-9,12,18H,10-11,13H2,1-2H3,(H,22,25)(H,23,24). The van der Waals surface area contributed by atoms with Gasteiger partial charge in [-0.2, -0.15) is 11.8 Å². The van der Waals surface area contributed by atoms with Crippen LogP contribution in [0.1, 0.15) is 27.9 Å². The van der Waals surface area contributed by atoms with Crippen molar-refractivity contribution in [3.63, 3.8) is 0 Å². The van der Waals surface area contributed by atoms with Crippen LogP contribution in [0.4, 0.5) is 4.39 Å². The number of aryl methyl sites for hydroxylation is 1. The summed E-state index contributed by atoms with van der Waals surface area (Å²) < 4.78 is 13.7. The largest absolute Gasteiger partial charge is 0.350 e. The molecular weight excluding hydrogens is 351 g/mol. The number of hydrogen-bond acceptors (Lipinski definition) is 3. The molecular formula is C20H23FN2O2S. The molecule has 4 nitrogen and oxygen atoms in total. The minimum atomic E-state index is -0.665. The van der Waals surface area contributed by atoms with Gasteiger partial charge in [0.2, 0.25) is 5.91 Å². The molecule has 2 amide bonds. The van der Waals surface area contributed by atoms with Gasteiger partial charge in [-0.25, -0.2) is 4.39 Å². The maximum atomic E-state index is 13.7. The molecule has 2 aromatic carbocycles. The predicted octanol–water partition coefficient (Wildman–Crippen LogP) is 3.30. The second-order valence-corrected chi connectivity index (χ2v) is 6.97. The molecule has 2 rings (SSSR count). The van der Waals surface area contributed by atoms with E-state index < -0.39 is 6.04 Å². The lowest BCUT2D eigenvalue weighted by atomic mass is 10.1. The van der Waals surface area contributed by atoms with Crippen molar-refractivity contribution in [2.45, 2.75) is 25.9 Å². The van der Waals surface area contributed by atoms with Crippen molar-refractivity contribution in [3.05, 3.63) is 71.0 Å². The van der Waals surface area contributed by atoms with Crippen LogP contribution in [-0.4, -0.2) is 29.9 Å². The monoisotopic (exact) mass is 374 g/mol. The van der Waals surface area contributed by atoms with Crippen molar-refractivity contribution >= 4 is 23.6 Å². The molecule has 0 bridgehead atoms. The SMILES string of the molecule is CSCCC(NC(=O)c1cccc(C)c1)C(=O)NCc1ccccc1F. The van der Waals surface area contributed by atoms with E-state index in [1.165, 1.54) is 6.07 Å². The lowest BCUT2D eigenvalue weighted by Gasteiger charge is -2.18. The molecule has 0 saturated carbocycles. The van der Waals surface area contributed by atoms with Gasteiger partial charge in [-0.3, -0.25) is 9.59 Å². The Labute approximate surface area is 157 Å². The number of hydrogen-bond donors (Lipinski definition) is 2. The molecule has 0 heterocycles. The van der Waals surface area contributed by atoms with Crippen molar-refractivity contribution in [2.24, 2.45) is 0 Å². The van der Waals surface area contributed by atoms with Gasteiger partial charge in [0.15, 0.2) is 0 Å². The molecule has 6 heteroatoms. The Morgan fingerprint density at radius 2 is 1.92 bits per heavy atom. The zero-order valence-corrected chi connectivity index (χ0v) is 15.7. The summed E-state index contributed by atoms with van der Waals surface area (Å²) in [7, 11) is 0. The average Bonchev–Trinajstić information content (AvgIpc) is 2.64. The second kappa shape index (κ2) is 9.97. The summed E-state index contributed by atoms with van der Waals surface area (Å²) in [6.07, 6.45) is 2.44. The van der Waals surface area contributed by atoms with Crippen molar-refractivity contribution in [1.29, 1.82) is 0 Å². The molecule has 1 atom stereocenters. The second-order valence-electron chi connectivity index (χ2n) is 5.99. The fraction of sp³-hybridized carbons (Fsp3) is 0.300. The van der Waals surface area contributed by atoms with Crippen LogP contribution in [0.2, 0.25) is 0 Å². The Bertz CT molecular complexity index is 767. The van der Waals surface area contributed by atoms with E-state index in [-0.39, 0.29) is 24.2 Å². The van der Waals surface area contributed by atoms with Crippen LogP contribution in [0.25, 0.3) is 0 Å². The Morgan fingerprint density at radius 1 is 1.15 bits per heavy atom. The number of halogens is 1. The number of carbonyl (C=O) groups excluding carboxylic acids is 2. The number of benzene rings is 2. The third-order valence-electron chi connectivity index (χ3n) is 3.92. The number of rotatable bonds is 8. The number of carbonyl (C=O) groups is 2. The Balaban J connectivity index is 2.02. The summed E-state index contributed by atoms with van der Waals surface area (Å²) in [6.45, 7) is 1.99. The van der Waals surface area contributed by atoms with Crippen molar-refractivity contribution < 1.29 is 14.0 Å². The number of nitrogens with one attached hydrogen (secondary N) is 2. The van der Waals surface area contributed by atoms with Gasteiger partial charge in [0.25, 0.3) is 5.91 Å². The molecule has 0 radical (unpaired) electrons. The smallest absolute Gasteiger partial charge is 0.251 e. The van der Waals surface area contributed by atoms with Crippen LogP contribution in [0, 0.1) is 12.7 Å². The van der Waals surface area contributed by atoms with E-state index in [1.54, 1.807) is 48.2 Å². The molecule has 0 aromatic heterocycles. The summed E-state index contributed by atoms with van der Waals surface area (Å²) in [5.74, 6) is -0.243. The Kier molecular flexibility index (Phi) is 7.66. The number of amides is 2. The van der Waals surface area contributed by atoms with Crippen molar-refractivity contribution in [2.75, 3.05) is 12.0 Å². The van der Waals surface area contributed by atoms with E-state index in [2.05, 4.69) is 10.6 Å². The van der Waals surface area contributed by atoms with Crippen LogP contribution in [0.5, 0.6) is 0 Å². The summed E-state index contributed by atoms with van der Waals surface area (Å²) >= 11 is 1.60. The summed E-state index contributed by atoms with van der Waals surface area (Å²) in [4.78, 5) is 25.0. The van der Waals surface area contributed by atoms with E-state index in [9.17, 15) is 14.0 Å². The molecule has 0 saturated heterocycles. The van der Waals surface area contributed by atoms with Crippen LogP contribution in [0.15, 0.2) is 48.5 Å². The summed E-state index contributed by atoms with van der Waals surface area (Å²) in [5, 5.41) is 5.50. The Morgan fingerprint density at radius 3 is 2.62 bits per heavy atom. The third-order valence-corrected chi connectivity index (χ3v) is 4.57. The van der Waals surface area contributed by atoms with Gasteiger partial charge in [-0.15, -0.1) is 0 Å². The first-order valence-electron chi connectivity index (χ1n) is 8.39. The molecule has 0 spiro atoms. The van der Waals surface area contributed by atoms with Crippen molar-refractivity contribution in [3.8, 4) is 0 Å². The maximum Gasteiger partial charge on any atom is 0.251 e. The van der Waals surface area contributed by atoms with E-state index in [0.717, 1.165) is 11.3 Å². The normalized spacial score (nSPS) is 11.7. The van der Waals surface area contributed by atoms with Gasteiger partial charge in [-0.1, -0.05) is 35.9 Å². The first-order valence-corrected chi connectivity index (χ1v) is 9.78. The van der Waals surface area contributed by atoms with Gasteiger partial charge in [0, 0.05) is 17.7 Å². The zero-order chi connectivity index (χ0) is 18.9. The maximum absolute atomic E-state index is 13.7. The van der Waals surface area contributed by atoms with Gasteiger partial charge >= 0.3 is 0 Å². The molecule has 1 unspecified atom stereocenters.